The Morgan fingerprint density at radius 2 is 1.56 bits per heavy atom. The highest BCUT2D eigenvalue weighted by Crippen LogP contribution is 2.17. The predicted octanol–water partition coefficient (Wildman–Crippen LogP) is 2.14. The average molecular weight is 390 g/mol. The zero-order chi connectivity index (χ0) is 20.0. The highest BCUT2D eigenvalue weighted by atomic mass is 32.2. The summed E-state index contributed by atoms with van der Waals surface area (Å²) in [7, 11) is 3.27. The molecule has 146 valence electrons. The van der Waals surface area contributed by atoms with Gasteiger partial charge in [-0.05, 0) is 37.9 Å². The highest BCUT2D eigenvalue weighted by molar-refractivity contribution is 7.89. The maximum atomic E-state index is 13.1. The van der Waals surface area contributed by atoms with Crippen molar-refractivity contribution in [1.82, 2.24) is 14.1 Å². The van der Waals surface area contributed by atoms with Crippen LogP contribution in [0.15, 0.2) is 59.5 Å². The molecule has 0 aliphatic heterocycles. The first-order chi connectivity index (χ1) is 12.7. The largest absolute Gasteiger partial charge is 0.333 e. The summed E-state index contributed by atoms with van der Waals surface area (Å²) >= 11 is 0. The van der Waals surface area contributed by atoms with Gasteiger partial charge in [0.05, 0.1) is 4.90 Å². The Hall–Kier alpha value is -2.22. The van der Waals surface area contributed by atoms with Crippen LogP contribution < -0.4 is 0 Å². The number of rotatable bonds is 8. The smallest absolute Gasteiger partial charge is 0.254 e. The van der Waals surface area contributed by atoms with Crippen molar-refractivity contribution in [2.45, 2.75) is 11.4 Å². The lowest BCUT2D eigenvalue weighted by Gasteiger charge is -2.25. The number of sulfonamides is 1. The number of likely N-dealkylation sites (N-methyl/N-ethyl adjacent to an activating group) is 1. The van der Waals surface area contributed by atoms with E-state index in [0.29, 0.717) is 25.2 Å². The molecule has 0 saturated carbocycles. The molecule has 6 nitrogen and oxygen atoms in total. The van der Waals surface area contributed by atoms with E-state index in [4.69, 9.17) is 0 Å². The third kappa shape index (κ3) is 5.63. The first kappa shape index (κ1) is 21.1. The normalized spacial score (nSPS) is 11.8. The van der Waals surface area contributed by atoms with Crippen LogP contribution in [0.3, 0.4) is 0 Å². The lowest BCUT2D eigenvalue weighted by molar-refractivity contribution is 0.0731. The fraction of sp³-hybridized carbons (Fsp3) is 0.350. The van der Waals surface area contributed by atoms with Crippen LogP contribution in [0, 0.1) is 0 Å². The lowest BCUT2D eigenvalue weighted by Crippen LogP contribution is -2.36. The van der Waals surface area contributed by atoms with Crippen LogP contribution in [0.2, 0.25) is 0 Å². The Bertz CT molecular complexity index is 865. The van der Waals surface area contributed by atoms with E-state index < -0.39 is 10.0 Å². The third-order valence-electron chi connectivity index (χ3n) is 4.18. The number of nitrogens with zero attached hydrogens (tertiary/aromatic N) is 3. The molecule has 0 N–H and O–H groups in total. The minimum atomic E-state index is -3.59. The summed E-state index contributed by atoms with van der Waals surface area (Å²) in [6.45, 7) is 1.73. The zero-order valence-electron chi connectivity index (χ0n) is 16.3. The lowest BCUT2D eigenvalue weighted by atomic mass is 10.1. The number of carbonyl (C=O) groups excluding carboxylic acids is 1. The summed E-state index contributed by atoms with van der Waals surface area (Å²) in [5.74, 6) is -0.184. The summed E-state index contributed by atoms with van der Waals surface area (Å²) in [6, 6.07) is 16.0. The van der Waals surface area contributed by atoms with Gasteiger partial charge < -0.3 is 9.80 Å². The summed E-state index contributed by atoms with van der Waals surface area (Å²) < 4.78 is 25.9. The Morgan fingerprint density at radius 1 is 0.889 bits per heavy atom. The third-order valence-corrected chi connectivity index (χ3v) is 5.99. The number of benzene rings is 2. The van der Waals surface area contributed by atoms with Gasteiger partial charge in [0.2, 0.25) is 10.0 Å². The minimum Gasteiger partial charge on any atom is -0.333 e. The molecule has 0 saturated heterocycles. The van der Waals surface area contributed by atoms with E-state index in [0.717, 1.165) is 9.87 Å². The molecule has 0 aliphatic carbocycles. The topological polar surface area (TPSA) is 60.9 Å². The van der Waals surface area contributed by atoms with Gasteiger partial charge in [0.1, 0.15) is 0 Å². The fourth-order valence-electron chi connectivity index (χ4n) is 2.56. The van der Waals surface area contributed by atoms with Crippen molar-refractivity contribution < 1.29 is 13.2 Å². The van der Waals surface area contributed by atoms with Crippen LogP contribution in [-0.4, -0.2) is 69.7 Å². The maximum Gasteiger partial charge on any atom is 0.254 e. The molecule has 1 amide bonds. The molecule has 2 aromatic carbocycles. The molecule has 0 spiro atoms. The van der Waals surface area contributed by atoms with Crippen molar-refractivity contribution in [1.29, 1.82) is 0 Å². The number of amides is 1. The molecule has 27 heavy (non-hydrogen) atoms. The van der Waals surface area contributed by atoms with Crippen molar-refractivity contribution >= 4 is 15.9 Å². The Morgan fingerprint density at radius 3 is 2.15 bits per heavy atom. The molecule has 0 atom stereocenters. The predicted molar refractivity (Wildman–Crippen MR) is 107 cm³/mol. The van der Waals surface area contributed by atoms with Gasteiger partial charge in [-0.25, -0.2) is 12.7 Å². The molecular weight excluding hydrogens is 362 g/mol. The molecule has 7 heteroatoms. The summed E-state index contributed by atoms with van der Waals surface area (Å²) in [5.41, 5.74) is 1.40. The molecule has 0 aromatic heterocycles. The van der Waals surface area contributed by atoms with Crippen molar-refractivity contribution in [3.8, 4) is 0 Å². The van der Waals surface area contributed by atoms with Crippen molar-refractivity contribution in [3.63, 3.8) is 0 Å². The summed E-state index contributed by atoms with van der Waals surface area (Å²) in [4.78, 5) is 17.0. The van der Waals surface area contributed by atoms with Gasteiger partial charge >= 0.3 is 0 Å². The standard InChI is InChI=1S/C20H27N3O3S/c1-21(2)13-14-23(16-17-9-6-5-7-10-17)20(24)18-11-8-12-19(15-18)27(25,26)22(3)4/h5-12,15H,13-14,16H2,1-4H3. The van der Waals surface area contributed by atoms with Crippen LogP contribution in [0.1, 0.15) is 15.9 Å². The highest BCUT2D eigenvalue weighted by Gasteiger charge is 2.21. The number of carbonyl (C=O) groups is 1. The van der Waals surface area contributed by atoms with Crippen LogP contribution >= 0.6 is 0 Å². The van der Waals surface area contributed by atoms with E-state index in [1.54, 1.807) is 17.0 Å². The van der Waals surface area contributed by atoms with E-state index in [-0.39, 0.29) is 10.8 Å². The molecule has 0 aliphatic rings. The number of hydrogen-bond acceptors (Lipinski definition) is 4. The van der Waals surface area contributed by atoms with Crippen molar-refractivity contribution in [2.24, 2.45) is 0 Å². The van der Waals surface area contributed by atoms with Gasteiger partial charge in [-0.1, -0.05) is 36.4 Å². The Labute approximate surface area is 162 Å². The average Bonchev–Trinajstić information content (AvgIpc) is 2.65. The molecule has 0 fully saturated rings. The second-order valence-electron chi connectivity index (χ2n) is 6.83. The first-order valence-corrected chi connectivity index (χ1v) is 10.2. The summed E-state index contributed by atoms with van der Waals surface area (Å²) in [6.07, 6.45) is 0. The second-order valence-corrected chi connectivity index (χ2v) is 8.98. The number of hydrogen-bond donors (Lipinski definition) is 0. The van der Waals surface area contributed by atoms with Crippen molar-refractivity contribution in [3.05, 3.63) is 65.7 Å². The Kier molecular flexibility index (Phi) is 7.12. The van der Waals surface area contributed by atoms with Crippen LogP contribution in [-0.2, 0) is 16.6 Å². The van der Waals surface area contributed by atoms with Crippen LogP contribution in [0.25, 0.3) is 0 Å². The molecular formula is C20H27N3O3S. The zero-order valence-corrected chi connectivity index (χ0v) is 17.1. The van der Waals surface area contributed by atoms with Gasteiger partial charge in [0.25, 0.3) is 5.91 Å². The maximum absolute atomic E-state index is 13.1. The quantitative estimate of drug-likeness (QED) is 0.694. The van der Waals surface area contributed by atoms with E-state index in [9.17, 15) is 13.2 Å². The molecule has 2 rings (SSSR count). The molecule has 0 radical (unpaired) electrons. The van der Waals surface area contributed by atoms with Gasteiger partial charge in [-0.3, -0.25) is 4.79 Å². The van der Waals surface area contributed by atoms with Gasteiger partial charge in [0.15, 0.2) is 0 Å². The first-order valence-electron chi connectivity index (χ1n) is 8.72. The van der Waals surface area contributed by atoms with Crippen molar-refractivity contribution in [2.75, 3.05) is 41.3 Å². The minimum absolute atomic E-state index is 0.116. The monoisotopic (exact) mass is 389 g/mol. The molecule has 0 heterocycles. The molecule has 2 aromatic rings. The molecule has 0 bridgehead atoms. The fourth-order valence-corrected chi connectivity index (χ4v) is 3.51. The van der Waals surface area contributed by atoms with Crippen LogP contribution in [0.4, 0.5) is 0 Å². The second kappa shape index (κ2) is 9.12. The van der Waals surface area contributed by atoms with Gasteiger partial charge in [-0.15, -0.1) is 0 Å². The van der Waals surface area contributed by atoms with E-state index in [2.05, 4.69) is 0 Å². The van der Waals surface area contributed by atoms with E-state index in [1.807, 2.05) is 49.3 Å². The summed E-state index contributed by atoms with van der Waals surface area (Å²) in [5, 5.41) is 0. The van der Waals surface area contributed by atoms with E-state index in [1.165, 1.54) is 26.2 Å². The van der Waals surface area contributed by atoms with E-state index >= 15 is 0 Å². The van der Waals surface area contributed by atoms with Gasteiger partial charge in [0, 0.05) is 39.3 Å². The Balaban J connectivity index is 2.31. The van der Waals surface area contributed by atoms with Gasteiger partial charge in [-0.2, -0.15) is 0 Å². The molecule has 0 unspecified atom stereocenters. The van der Waals surface area contributed by atoms with Crippen LogP contribution in [0.5, 0.6) is 0 Å². The SMILES string of the molecule is CN(C)CCN(Cc1ccccc1)C(=O)c1cccc(S(=O)(=O)N(C)C)c1.